The number of hydrogen-bond donors (Lipinski definition) is 2. The number of piperidine rings is 1. The van der Waals surface area contributed by atoms with E-state index < -0.39 is 11.8 Å². The summed E-state index contributed by atoms with van der Waals surface area (Å²) in [5.74, 6) is -0.507. The predicted octanol–water partition coefficient (Wildman–Crippen LogP) is 0.685. The molecule has 0 bridgehead atoms. The highest BCUT2D eigenvalue weighted by Crippen LogP contribution is 2.20. The Kier molecular flexibility index (Phi) is 4.73. The first-order valence-electron chi connectivity index (χ1n) is 6.78. The molecule has 1 saturated heterocycles. The fourth-order valence-electron chi connectivity index (χ4n) is 2.44. The summed E-state index contributed by atoms with van der Waals surface area (Å²) >= 11 is 0. The van der Waals surface area contributed by atoms with E-state index in [9.17, 15) is 9.59 Å². The molecule has 2 N–H and O–H groups in total. The number of hydrogen-bond acceptors (Lipinski definition) is 5. The summed E-state index contributed by atoms with van der Waals surface area (Å²) in [6.45, 7) is 2.26. The van der Waals surface area contributed by atoms with Crippen molar-refractivity contribution in [2.45, 2.75) is 38.6 Å². The molecule has 1 aromatic rings. The molecule has 7 heteroatoms. The first kappa shape index (κ1) is 14.5. The average Bonchev–Trinajstić information content (AvgIpc) is 2.84. The van der Waals surface area contributed by atoms with Crippen LogP contribution in [-0.4, -0.2) is 46.2 Å². The van der Waals surface area contributed by atoms with E-state index in [1.165, 1.54) is 0 Å². The fraction of sp³-hybridized carbons (Fsp3) is 0.615. The third kappa shape index (κ3) is 3.36. The molecule has 0 aromatic carbocycles. The standard InChI is InChI=1S/C13H19N3O4/c1-9-8-11(15-20-9)14-12(18)13(19)16-6-3-2-4-10(16)5-7-17/h8,10,17H,2-7H2,1H3,(H,14,15,18)/t10-/m0/s1. The Labute approximate surface area is 116 Å². The lowest BCUT2D eigenvalue weighted by Gasteiger charge is -2.34. The largest absolute Gasteiger partial charge is 0.396 e. The van der Waals surface area contributed by atoms with Gasteiger partial charge >= 0.3 is 11.8 Å². The number of aryl methyl sites for hydroxylation is 1. The van der Waals surface area contributed by atoms with Crippen LogP contribution in [0.1, 0.15) is 31.4 Å². The number of carbonyl (C=O) groups is 2. The van der Waals surface area contributed by atoms with Gasteiger partial charge in [-0.3, -0.25) is 14.9 Å². The lowest BCUT2D eigenvalue weighted by atomic mass is 9.99. The Bertz CT molecular complexity index is 484. The molecule has 1 atom stereocenters. The van der Waals surface area contributed by atoms with Crippen molar-refractivity contribution < 1.29 is 19.2 Å². The van der Waals surface area contributed by atoms with Gasteiger partial charge in [-0.05, 0) is 32.6 Å². The highest BCUT2D eigenvalue weighted by Gasteiger charge is 2.30. The van der Waals surface area contributed by atoms with Crippen LogP contribution < -0.4 is 5.32 Å². The maximum atomic E-state index is 12.2. The topological polar surface area (TPSA) is 95.7 Å². The first-order valence-corrected chi connectivity index (χ1v) is 6.78. The second-order valence-electron chi connectivity index (χ2n) is 4.94. The minimum atomic E-state index is -0.719. The van der Waals surface area contributed by atoms with Gasteiger partial charge in [-0.2, -0.15) is 0 Å². The van der Waals surface area contributed by atoms with Gasteiger partial charge in [0, 0.05) is 25.3 Å². The van der Waals surface area contributed by atoms with E-state index in [0.29, 0.717) is 18.7 Å². The number of nitrogens with zero attached hydrogens (tertiary/aromatic N) is 2. The number of aliphatic hydroxyl groups excluding tert-OH is 1. The zero-order valence-corrected chi connectivity index (χ0v) is 11.5. The van der Waals surface area contributed by atoms with Crippen molar-refractivity contribution in [3.05, 3.63) is 11.8 Å². The minimum Gasteiger partial charge on any atom is -0.396 e. The maximum Gasteiger partial charge on any atom is 0.315 e. The van der Waals surface area contributed by atoms with Crippen LogP contribution in [0, 0.1) is 6.92 Å². The van der Waals surface area contributed by atoms with Crippen LogP contribution in [0.2, 0.25) is 0 Å². The van der Waals surface area contributed by atoms with E-state index in [4.69, 9.17) is 9.63 Å². The van der Waals surface area contributed by atoms with E-state index in [1.54, 1.807) is 17.9 Å². The Morgan fingerprint density at radius 2 is 2.35 bits per heavy atom. The van der Waals surface area contributed by atoms with E-state index in [0.717, 1.165) is 19.3 Å². The molecule has 0 unspecified atom stereocenters. The van der Waals surface area contributed by atoms with Crippen LogP contribution in [0.4, 0.5) is 5.82 Å². The molecule has 2 amide bonds. The zero-order valence-electron chi connectivity index (χ0n) is 11.5. The van der Waals surface area contributed by atoms with Gasteiger partial charge in [0.15, 0.2) is 5.82 Å². The smallest absolute Gasteiger partial charge is 0.315 e. The van der Waals surface area contributed by atoms with Gasteiger partial charge in [0.05, 0.1) is 0 Å². The van der Waals surface area contributed by atoms with Crippen LogP contribution in [0.15, 0.2) is 10.6 Å². The molecule has 2 heterocycles. The Morgan fingerprint density at radius 3 is 3.00 bits per heavy atom. The van der Waals surface area contributed by atoms with Gasteiger partial charge < -0.3 is 14.5 Å². The van der Waals surface area contributed by atoms with Gasteiger partial charge in [0.2, 0.25) is 0 Å². The fourth-order valence-corrected chi connectivity index (χ4v) is 2.44. The summed E-state index contributed by atoms with van der Waals surface area (Å²) in [4.78, 5) is 25.6. The number of anilines is 1. The molecule has 2 rings (SSSR count). The summed E-state index contributed by atoms with van der Waals surface area (Å²) in [5.41, 5.74) is 0. The van der Waals surface area contributed by atoms with Crippen molar-refractivity contribution >= 4 is 17.6 Å². The SMILES string of the molecule is Cc1cc(NC(=O)C(=O)N2CCCC[C@H]2CCO)no1. The first-order chi connectivity index (χ1) is 9.61. The number of rotatable bonds is 3. The molecule has 0 spiro atoms. The second-order valence-corrected chi connectivity index (χ2v) is 4.94. The number of aliphatic hydroxyl groups is 1. The van der Waals surface area contributed by atoms with Crippen molar-refractivity contribution in [1.82, 2.24) is 10.1 Å². The van der Waals surface area contributed by atoms with Gasteiger partial charge in [-0.1, -0.05) is 5.16 Å². The summed E-state index contributed by atoms with van der Waals surface area (Å²) in [5, 5.41) is 15.1. The van der Waals surface area contributed by atoms with Crippen LogP contribution in [0.25, 0.3) is 0 Å². The van der Waals surface area contributed by atoms with Crippen molar-refractivity contribution in [2.75, 3.05) is 18.5 Å². The number of amides is 2. The zero-order chi connectivity index (χ0) is 14.5. The Hall–Kier alpha value is -1.89. The molecule has 0 aliphatic carbocycles. The summed E-state index contributed by atoms with van der Waals surface area (Å²) in [6.07, 6.45) is 3.22. The molecular weight excluding hydrogens is 262 g/mol. The van der Waals surface area contributed by atoms with Crippen LogP contribution >= 0.6 is 0 Å². The van der Waals surface area contributed by atoms with E-state index in [1.807, 2.05) is 0 Å². The number of likely N-dealkylation sites (tertiary alicyclic amines) is 1. The summed E-state index contributed by atoms with van der Waals surface area (Å²) < 4.78 is 4.83. The van der Waals surface area contributed by atoms with Crippen LogP contribution in [0.5, 0.6) is 0 Å². The highest BCUT2D eigenvalue weighted by molar-refractivity contribution is 6.39. The van der Waals surface area contributed by atoms with E-state index >= 15 is 0 Å². The van der Waals surface area contributed by atoms with Crippen LogP contribution in [-0.2, 0) is 9.59 Å². The van der Waals surface area contributed by atoms with Gasteiger partial charge in [0.1, 0.15) is 5.76 Å². The lowest BCUT2D eigenvalue weighted by molar-refractivity contribution is -0.146. The molecule has 1 aliphatic heterocycles. The van der Waals surface area contributed by atoms with Crippen molar-refractivity contribution in [3.8, 4) is 0 Å². The van der Waals surface area contributed by atoms with Crippen LogP contribution in [0.3, 0.4) is 0 Å². The second kappa shape index (κ2) is 6.51. The monoisotopic (exact) mass is 281 g/mol. The van der Waals surface area contributed by atoms with E-state index in [-0.39, 0.29) is 18.5 Å². The summed E-state index contributed by atoms with van der Waals surface area (Å²) in [7, 11) is 0. The predicted molar refractivity (Wildman–Crippen MR) is 70.9 cm³/mol. The molecule has 1 fully saturated rings. The van der Waals surface area contributed by atoms with E-state index in [2.05, 4.69) is 10.5 Å². The molecule has 20 heavy (non-hydrogen) atoms. The van der Waals surface area contributed by atoms with Crippen molar-refractivity contribution in [2.24, 2.45) is 0 Å². The van der Waals surface area contributed by atoms with Crippen molar-refractivity contribution in [1.29, 1.82) is 0 Å². The quantitative estimate of drug-likeness (QED) is 0.794. The van der Waals surface area contributed by atoms with Gasteiger partial charge in [-0.15, -0.1) is 0 Å². The molecule has 1 aromatic heterocycles. The number of nitrogens with one attached hydrogen (secondary N) is 1. The Balaban J connectivity index is 1.99. The molecule has 110 valence electrons. The molecule has 1 aliphatic rings. The highest BCUT2D eigenvalue weighted by atomic mass is 16.5. The number of aromatic nitrogens is 1. The molecule has 0 radical (unpaired) electrons. The number of carbonyl (C=O) groups excluding carboxylic acids is 2. The van der Waals surface area contributed by atoms with Gasteiger partial charge in [-0.25, -0.2) is 0 Å². The summed E-state index contributed by atoms with van der Waals surface area (Å²) in [6, 6.07) is 1.48. The minimum absolute atomic E-state index is 0.0124. The maximum absolute atomic E-state index is 12.2. The third-order valence-electron chi connectivity index (χ3n) is 3.41. The molecular formula is C13H19N3O4. The van der Waals surface area contributed by atoms with Gasteiger partial charge in [0.25, 0.3) is 0 Å². The Morgan fingerprint density at radius 1 is 1.55 bits per heavy atom. The normalized spacial score (nSPS) is 18.9. The third-order valence-corrected chi connectivity index (χ3v) is 3.41. The average molecular weight is 281 g/mol. The molecule has 7 nitrogen and oxygen atoms in total. The lowest BCUT2D eigenvalue weighted by Crippen LogP contribution is -2.48. The molecule has 0 saturated carbocycles. The van der Waals surface area contributed by atoms with Crippen molar-refractivity contribution in [3.63, 3.8) is 0 Å².